The Morgan fingerprint density at radius 1 is 0.976 bits per heavy atom. The van der Waals surface area contributed by atoms with Gasteiger partial charge in [0.05, 0.1) is 17.2 Å². The number of hydrogen-bond acceptors (Lipinski definition) is 5. The van der Waals surface area contributed by atoms with Gasteiger partial charge in [0.25, 0.3) is 10.0 Å². The van der Waals surface area contributed by atoms with Gasteiger partial charge in [0.2, 0.25) is 11.8 Å². The summed E-state index contributed by atoms with van der Waals surface area (Å²) < 4.78 is 34.4. The third kappa shape index (κ3) is 8.71. The largest absolute Gasteiger partial charge is 0.494 e. The molecule has 41 heavy (non-hydrogen) atoms. The molecule has 0 spiro atoms. The van der Waals surface area contributed by atoms with Gasteiger partial charge in [-0.3, -0.25) is 13.9 Å². The molecule has 0 aliphatic rings. The van der Waals surface area contributed by atoms with Crippen molar-refractivity contribution in [3.05, 3.63) is 88.9 Å². The Labute approximate surface area is 248 Å². The zero-order chi connectivity index (χ0) is 30.2. The van der Waals surface area contributed by atoms with Gasteiger partial charge >= 0.3 is 0 Å². The second kappa shape index (κ2) is 14.4. The highest BCUT2D eigenvalue weighted by atomic mass is 35.5. The van der Waals surface area contributed by atoms with Crippen LogP contribution < -0.4 is 14.4 Å². The van der Waals surface area contributed by atoms with E-state index in [0.717, 1.165) is 15.4 Å². The molecule has 0 saturated heterocycles. The first-order valence-electron chi connectivity index (χ1n) is 13.6. The van der Waals surface area contributed by atoms with Gasteiger partial charge in [0.15, 0.2) is 0 Å². The van der Waals surface area contributed by atoms with E-state index in [0.29, 0.717) is 23.9 Å². The molecule has 0 radical (unpaired) electrons. The lowest BCUT2D eigenvalue weighted by atomic mass is 10.1. The van der Waals surface area contributed by atoms with E-state index in [-0.39, 0.29) is 29.0 Å². The van der Waals surface area contributed by atoms with Crippen molar-refractivity contribution < 1.29 is 22.7 Å². The summed E-state index contributed by atoms with van der Waals surface area (Å²) in [6, 6.07) is 19.1. The Hall–Kier alpha value is -3.56. The fourth-order valence-corrected chi connectivity index (χ4v) is 5.72. The van der Waals surface area contributed by atoms with Crippen molar-refractivity contribution in [2.75, 3.05) is 24.0 Å². The number of carbonyl (C=O) groups is 2. The number of benzene rings is 3. The molecule has 220 valence electrons. The maximum absolute atomic E-state index is 14.0. The number of nitrogens with one attached hydrogen (secondary N) is 1. The molecule has 3 aromatic carbocycles. The van der Waals surface area contributed by atoms with E-state index >= 15 is 0 Å². The van der Waals surface area contributed by atoms with Crippen LogP contribution in [0.2, 0.25) is 5.02 Å². The number of rotatable bonds is 13. The van der Waals surface area contributed by atoms with Crippen LogP contribution in [0.1, 0.15) is 38.8 Å². The minimum absolute atomic E-state index is 0.0171. The van der Waals surface area contributed by atoms with E-state index in [9.17, 15) is 18.0 Å². The molecule has 0 saturated carbocycles. The molecule has 0 unspecified atom stereocenters. The maximum atomic E-state index is 14.0. The predicted molar refractivity (Wildman–Crippen MR) is 163 cm³/mol. The molecule has 0 aliphatic carbocycles. The van der Waals surface area contributed by atoms with Crippen LogP contribution in [-0.4, -0.2) is 50.9 Å². The summed E-state index contributed by atoms with van der Waals surface area (Å²) in [6.45, 7) is 9.94. The molecule has 10 heteroatoms. The summed E-state index contributed by atoms with van der Waals surface area (Å²) in [6.07, 6.45) is 0. The molecule has 0 aliphatic heterocycles. The van der Waals surface area contributed by atoms with Crippen LogP contribution in [-0.2, 0) is 26.2 Å². The van der Waals surface area contributed by atoms with Crippen molar-refractivity contribution in [1.29, 1.82) is 0 Å². The lowest BCUT2D eigenvalue weighted by Gasteiger charge is -2.32. The highest BCUT2D eigenvalue weighted by molar-refractivity contribution is 7.92. The zero-order valence-corrected chi connectivity index (χ0v) is 25.7. The smallest absolute Gasteiger partial charge is 0.264 e. The average Bonchev–Trinajstić information content (AvgIpc) is 2.93. The molecule has 0 fully saturated rings. The highest BCUT2D eigenvalue weighted by Gasteiger charge is 2.32. The summed E-state index contributed by atoms with van der Waals surface area (Å²) in [5.41, 5.74) is 2.12. The van der Waals surface area contributed by atoms with E-state index in [4.69, 9.17) is 16.3 Å². The number of carbonyl (C=O) groups excluding carboxylic acids is 2. The monoisotopic (exact) mass is 599 g/mol. The number of ether oxygens (including phenoxy) is 1. The number of hydrogen-bond donors (Lipinski definition) is 1. The Morgan fingerprint density at radius 2 is 1.63 bits per heavy atom. The van der Waals surface area contributed by atoms with Gasteiger partial charge in [0, 0.05) is 18.1 Å². The minimum atomic E-state index is -4.19. The molecule has 3 aromatic rings. The van der Waals surface area contributed by atoms with Crippen molar-refractivity contribution in [1.82, 2.24) is 10.2 Å². The number of halogens is 1. The van der Waals surface area contributed by atoms with Crippen LogP contribution in [0.25, 0.3) is 0 Å². The SMILES string of the molecule is CCOc1ccc(N(CC(=O)N(Cc2cccc(C)c2)[C@H](C)C(=O)NCC(C)C)S(=O)(=O)c2ccc(Cl)cc2)cc1. The van der Waals surface area contributed by atoms with Crippen LogP contribution in [0.3, 0.4) is 0 Å². The van der Waals surface area contributed by atoms with Crippen LogP contribution in [0, 0.1) is 12.8 Å². The van der Waals surface area contributed by atoms with Gasteiger partial charge < -0.3 is 15.0 Å². The number of nitrogens with zero attached hydrogens (tertiary/aromatic N) is 2. The standard InChI is InChI=1S/C31H38ClN3O5S/c1-6-40-28-14-12-27(13-15-28)35(41(38,39)29-16-10-26(32)11-17-29)21-30(36)34(20-25-9-7-8-23(4)18-25)24(5)31(37)33-19-22(2)3/h7-18,22,24H,6,19-21H2,1-5H3,(H,33,37)/t24-/m1/s1. The van der Waals surface area contributed by atoms with Crippen LogP contribution >= 0.6 is 11.6 Å². The Balaban J connectivity index is 2.02. The number of anilines is 1. The summed E-state index contributed by atoms with van der Waals surface area (Å²) in [5.74, 6) is -0.0345. The van der Waals surface area contributed by atoms with E-state index in [1.54, 1.807) is 31.2 Å². The lowest BCUT2D eigenvalue weighted by molar-refractivity contribution is -0.139. The fraction of sp³-hybridized carbons (Fsp3) is 0.355. The van der Waals surface area contributed by atoms with Crippen LogP contribution in [0.15, 0.2) is 77.7 Å². The summed E-state index contributed by atoms with van der Waals surface area (Å²) >= 11 is 6.01. The quantitative estimate of drug-likeness (QED) is 0.283. The molecular formula is C31H38ClN3O5S. The van der Waals surface area contributed by atoms with Crippen molar-refractivity contribution in [3.63, 3.8) is 0 Å². The lowest BCUT2D eigenvalue weighted by Crippen LogP contribution is -2.51. The first kappa shape index (κ1) is 32.0. The first-order chi connectivity index (χ1) is 19.4. The molecule has 2 amide bonds. The average molecular weight is 600 g/mol. The van der Waals surface area contributed by atoms with Crippen molar-refractivity contribution >= 4 is 39.1 Å². The topological polar surface area (TPSA) is 96.0 Å². The normalized spacial score (nSPS) is 12.1. The number of sulfonamides is 1. The van der Waals surface area contributed by atoms with E-state index < -0.39 is 28.5 Å². The molecule has 0 heterocycles. The Kier molecular flexibility index (Phi) is 11.2. The number of aryl methyl sites for hydroxylation is 1. The number of amides is 2. The maximum Gasteiger partial charge on any atom is 0.264 e. The van der Waals surface area contributed by atoms with Crippen LogP contribution in [0.5, 0.6) is 5.75 Å². The van der Waals surface area contributed by atoms with E-state index in [1.807, 2.05) is 52.0 Å². The molecule has 0 bridgehead atoms. The highest BCUT2D eigenvalue weighted by Crippen LogP contribution is 2.27. The van der Waals surface area contributed by atoms with Crippen molar-refractivity contribution in [3.8, 4) is 5.75 Å². The van der Waals surface area contributed by atoms with Crippen molar-refractivity contribution in [2.24, 2.45) is 5.92 Å². The molecular weight excluding hydrogens is 562 g/mol. The van der Waals surface area contributed by atoms with Gasteiger partial charge in [-0.15, -0.1) is 0 Å². The van der Waals surface area contributed by atoms with Crippen molar-refractivity contribution in [2.45, 2.75) is 52.1 Å². The van der Waals surface area contributed by atoms with Gasteiger partial charge in [0.1, 0.15) is 18.3 Å². The summed E-state index contributed by atoms with van der Waals surface area (Å²) in [5, 5.41) is 3.28. The summed E-state index contributed by atoms with van der Waals surface area (Å²) in [4.78, 5) is 28.5. The molecule has 0 aromatic heterocycles. The Bertz CT molecular complexity index is 1430. The third-order valence-electron chi connectivity index (χ3n) is 6.40. The van der Waals surface area contributed by atoms with E-state index in [2.05, 4.69) is 5.32 Å². The van der Waals surface area contributed by atoms with Gasteiger partial charge in [-0.2, -0.15) is 0 Å². The summed E-state index contributed by atoms with van der Waals surface area (Å²) in [7, 11) is -4.19. The van der Waals surface area contributed by atoms with Crippen LogP contribution in [0.4, 0.5) is 5.69 Å². The van der Waals surface area contributed by atoms with Gasteiger partial charge in [-0.05, 0) is 80.8 Å². The second-order valence-electron chi connectivity index (χ2n) is 10.2. The zero-order valence-electron chi connectivity index (χ0n) is 24.1. The molecule has 1 atom stereocenters. The van der Waals surface area contributed by atoms with Gasteiger partial charge in [-0.25, -0.2) is 8.42 Å². The Morgan fingerprint density at radius 3 is 2.22 bits per heavy atom. The van der Waals surface area contributed by atoms with Gasteiger partial charge in [-0.1, -0.05) is 55.3 Å². The minimum Gasteiger partial charge on any atom is -0.494 e. The fourth-order valence-electron chi connectivity index (χ4n) is 4.18. The molecule has 3 rings (SSSR count). The second-order valence-corrected chi connectivity index (χ2v) is 12.5. The van der Waals surface area contributed by atoms with E-state index in [1.165, 1.54) is 29.2 Å². The third-order valence-corrected chi connectivity index (χ3v) is 8.44. The first-order valence-corrected chi connectivity index (χ1v) is 15.4. The predicted octanol–water partition coefficient (Wildman–Crippen LogP) is 5.43. The molecule has 1 N–H and O–H groups in total. The molecule has 8 nitrogen and oxygen atoms in total.